The predicted octanol–water partition coefficient (Wildman–Crippen LogP) is 3.92. The third-order valence-corrected chi connectivity index (χ3v) is 5.56. The molecule has 0 radical (unpaired) electrons. The van der Waals surface area contributed by atoms with Crippen LogP contribution in [0.3, 0.4) is 0 Å². The van der Waals surface area contributed by atoms with Crippen LogP contribution in [0.5, 0.6) is 0 Å². The third-order valence-electron chi connectivity index (χ3n) is 5.56. The van der Waals surface area contributed by atoms with Crippen molar-refractivity contribution in [3.63, 3.8) is 0 Å². The van der Waals surface area contributed by atoms with Crippen molar-refractivity contribution in [2.75, 3.05) is 18.4 Å². The summed E-state index contributed by atoms with van der Waals surface area (Å²) < 4.78 is 0. The topological polar surface area (TPSA) is 101 Å². The normalized spacial score (nSPS) is 13.6. The number of amides is 2. The first-order valence-corrected chi connectivity index (χ1v) is 10.4. The van der Waals surface area contributed by atoms with Crippen LogP contribution in [0.15, 0.2) is 54.7 Å². The molecule has 31 heavy (non-hydrogen) atoms. The number of primary amides is 1. The number of nitrogens with one attached hydrogen (secondary N) is 1. The van der Waals surface area contributed by atoms with Gasteiger partial charge in [-0.25, -0.2) is 9.97 Å². The summed E-state index contributed by atoms with van der Waals surface area (Å²) >= 11 is 0. The summed E-state index contributed by atoms with van der Waals surface area (Å²) in [6.07, 6.45) is 5.00. The molecule has 0 spiro atoms. The monoisotopic (exact) mass is 415 g/mol. The Morgan fingerprint density at radius 2 is 1.74 bits per heavy atom. The van der Waals surface area contributed by atoms with Gasteiger partial charge in [-0.15, -0.1) is 0 Å². The highest BCUT2D eigenvalue weighted by Gasteiger charge is 2.18. The van der Waals surface area contributed by atoms with Gasteiger partial charge in [0.05, 0.1) is 5.69 Å². The number of piperidine rings is 1. The van der Waals surface area contributed by atoms with E-state index in [1.807, 2.05) is 42.2 Å². The van der Waals surface area contributed by atoms with E-state index in [0.717, 1.165) is 42.7 Å². The Morgan fingerprint density at radius 1 is 1.00 bits per heavy atom. The lowest BCUT2D eigenvalue weighted by atomic mass is 9.99. The lowest BCUT2D eigenvalue weighted by Crippen LogP contribution is -2.35. The molecule has 0 unspecified atom stereocenters. The van der Waals surface area contributed by atoms with E-state index in [9.17, 15) is 9.59 Å². The molecule has 0 saturated carbocycles. The van der Waals surface area contributed by atoms with Crippen LogP contribution in [0.1, 0.15) is 45.5 Å². The minimum Gasteiger partial charge on any atom is -0.366 e. The number of hydrogen-bond acceptors (Lipinski definition) is 5. The summed E-state index contributed by atoms with van der Waals surface area (Å²) in [6, 6.07) is 14.5. The molecule has 2 heterocycles. The van der Waals surface area contributed by atoms with Crippen molar-refractivity contribution < 1.29 is 9.59 Å². The Labute approximate surface area is 181 Å². The van der Waals surface area contributed by atoms with Crippen molar-refractivity contribution in [3.8, 4) is 11.3 Å². The van der Waals surface area contributed by atoms with Gasteiger partial charge in [-0.1, -0.05) is 12.1 Å². The molecular formula is C24H25N5O2. The number of nitrogens with two attached hydrogens (primary N) is 1. The highest BCUT2D eigenvalue weighted by atomic mass is 16.2. The van der Waals surface area contributed by atoms with Gasteiger partial charge in [0, 0.05) is 41.7 Å². The zero-order chi connectivity index (χ0) is 21.8. The van der Waals surface area contributed by atoms with E-state index < -0.39 is 5.91 Å². The lowest BCUT2D eigenvalue weighted by Gasteiger charge is -2.26. The summed E-state index contributed by atoms with van der Waals surface area (Å²) in [5.41, 5.74) is 9.70. The van der Waals surface area contributed by atoms with Gasteiger partial charge >= 0.3 is 0 Å². The second kappa shape index (κ2) is 8.95. The average molecular weight is 415 g/mol. The van der Waals surface area contributed by atoms with Gasteiger partial charge in [0.1, 0.15) is 0 Å². The standard InChI is InChI=1S/C24H25N5O2/c1-16-19(6-5-7-20(16)22(25)30)21-12-13-26-24(28-21)27-18-10-8-17(9-11-18)23(31)29-14-3-2-4-15-29/h5-13H,2-4,14-15H2,1H3,(H2,25,30)(H,26,27,28). The molecule has 2 aromatic carbocycles. The number of nitrogens with zero attached hydrogens (tertiary/aromatic N) is 3. The number of hydrogen-bond donors (Lipinski definition) is 2. The minimum atomic E-state index is -0.467. The molecule has 2 amide bonds. The molecule has 0 bridgehead atoms. The van der Waals surface area contributed by atoms with E-state index in [-0.39, 0.29) is 5.91 Å². The Balaban J connectivity index is 1.51. The van der Waals surface area contributed by atoms with Gasteiger partial charge in [-0.2, -0.15) is 0 Å². The highest BCUT2D eigenvalue weighted by Crippen LogP contribution is 2.25. The van der Waals surface area contributed by atoms with E-state index >= 15 is 0 Å². The lowest BCUT2D eigenvalue weighted by molar-refractivity contribution is 0.0724. The molecule has 3 N–H and O–H groups in total. The van der Waals surface area contributed by atoms with Crippen LogP contribution < -0.4 is 11.1 Å². The zero-order valence-electron chi connectivity index (χ0n) is 17.5. The number of carbonyl (C=O) groups is 2. The molecule has 1 aromatic heterocycles. The fourth-order valence-corrected chi connectivity index (χ4v) is 3.85. The third kappa shape index (κ3) is 4.55. The first-order valence-electron chi connectivity index (χ1n) is 10.4. The van der Waals surface area contributed by atoms with Crippen LogP contribution in [0.25, 0.3) is 11.3 Å². The molecule has 4 rings (SSSR count). The van der Waals surface area contributed by atoms with E-state index in [4.69, 9.17) is 5.73 Å². The fourth-order valence-electron chi connectivity index (χ4n) is 3.85. The minimum absolute atomic E-state index is 0.0781. The van der Waals surface area contributed by atoms with E-state index in [1.165, 1.54) is 6.42 Å². The Morgan fingerprint density at radius 3 is 2.45 bits per heavy atom. The molecule has 1 aliphatic heterocycles. The second-order valence-electron chi connectivity index (χ2n) is 7.66. The Kier molecular flexibility index (Phi) is 5.93. The van der Waals surface area contributed by atoms with Crippen LogP contribution in [-0.4, -0.2) is 39.8 Å². The average Bonchev–Trinajstić information content (AvgIpc) is 2.80. The molecule has 1 aliphatic rings. The van der Waals surface area contributed by atoms with Crippen LogP contribution in [0.2, 0.25) is 0 Å². The number of aromatic nitrogens is 2. The highest BCUT2D eigenvalue weighted by molar-refractivity contribution is 5.96. The largest absolute Gasteiger partial charge is 0.366 e. The number of carbonyl (C=O) groups excluding carboxylic acids is 2. The van der Waals surface area contributed by atoms with Gasteiger partial charge < -0.3 is 16.0 Å². The molecule has 158 valence electrons. The van der Waals surface area contributed by atoms with Crippen LogP contribution in [0.4, 0.5) is 11.6 Å². The quantitative estimate of drug-likeness (QED) is 0.658. The molecule has 0 atom stereocenters. The summed E-state index contributed by atoms with van der Waals surface area (Å²) in [7, 11) is 0. The molecule has 1 saturated heterocycles. The van der Waals surface area contributed by atoms with Crippen molar-refractivity contribution in [2.24, 2.45) is 5.73 Å². The maximum Gasteiger partial charge on any atom is 0.253 e. The van der Waals surface area contributed by atoms with Gasteiger partial charge in [0.2, 0.25) is 11.9 Å². The van der Waals surface area contributed by atoms with Crippen molar-refractivity contribution in [2.45, 2.75) is 26.2 Å². The Hall–Kier alpha value is -3.74. The number of anilines is 2. The summed E-state index contributed by atoms with van der Waals surface area (Å²) in [6.45, 7) is 3.51. The molecule has 1 fully saturated rings. The van der Waals surface area contributed by atoms with Crippen molar-refractivity contribution >= 4 is 23.5 Å². The first kappa shape index (κ1) is 20.5. The number of rotatable bonds is 5. The molecular weight excluding hydrogens is 390 g/mol. The zero-order valence-corrected chi connectivity index (χ0v) is 17.5. The van der Waals surface area contributed by atoms with E-state index in [1.54, 1.807) is 24.4 Å². The maximum absolute atomic E-state index is 12.6. The molecule has 7 nitrogen and oxygen atoms in total. The van der Waals surface area contributed by atoms with Crippen LogP contribution >= 0.6 is 0 Å². The van der Waals surface area contributed by atoms with Crippen LogP contribution in [-0.2, 0) is 0 Å². The van der Waals surface area contributed by atoms with Crippen molar-refractivity contribution in [3.05, 3.63) is 71.4 Å². The molecule has 0 aliphatic carbocycles. The second-order valence-corrected chi connectivity index (χ2v) is 7.66. The summed E-state index contributed by atoms with van der Waals surface area (Å²) in [5, 5.41) is 3.18. The van der Waals surface area contributed by atoms with E-state index in [2.05, 4.69) is 15.3 Å². The van der Waals surface area contributed by atoms with E-state index in [0.29, 0.717) is 22.8 Å². The number of benzene rings is 2. The smallest absolute Gasteiger partial charge is 0.253 e. The summed E-state index contributed by atoms with van der Waals surface area (Å²) in [4.78, 5) is 35.1. The van der Waals surface area contributed by atoms with Gasteiger partial charge in [-0.3, -0.25) is 9.59 Å². The maximum atomic E-state index is 12.6. The number of likely N-dealkylation sites (tertiary alicyclic amines) is 1. The summed E-state index contributed by atoms with van der Waals surface area (Å²) in [5.74, 6) is 0.0386. The van der Waals surface area contributed by atoms with Crippen molar-refractivity contribution in [1.82, 2.24) is 14.9 Å². The first-order chi connectivity index (χ1) is 15.0. The van der Waals surface area contributed by atoms with Gasteiger partial charge in [0.15, 0.2) is 0 Å². The predicted molar refractivity (Wildman–Crippen MR) is 120 cm³/mol. The van der Waals surface area contributed by atoms with Gasteiger partial charge in [0.25, 0.3) is 5.91 Å². The Bertz CT molecular complexity index is 1110. The molecule has 7 heteroatoms. The van der Waals surface area contributed by atoms with Gasteiger partial charge in [-0.05, 0) is 68.1 Å². The van der Waals surface area contributed by atoms with Crippen molar-refractivity contribution in [1.29, 1.82) is 0 Å². The molecule has 3 aromatic rings. The van der Waals surface area contributed by atoms with Crippen LogP contribution in [0, 0.1) is 6.92 Å². The SMILES string of the molecule is Cc1c(C(N)=O)cccc1-c1ccnc(Nc2ccc(C(=O)N3CCCCC3)cc2)n1. The fraction of sp³-hybridized carbons (Fsp3) is 0.250.